The van der Waals surface area contributed by atoms with Crippen molar-refractivity contribution in [3.8, 4) is 5.75 Å². The third-order valence-electron chi connectivity index (χ3n) is 8.00. The highest BCUT2D eigenvalue weighted by atomic mass is 32.2. The number of nitrogens with zero attached hydrogens (tertiary/aromatic N) is 3. The summed E-state index contributed by atoms with van der Waals surface area (Å²) in [6, 6.07) is 25.6. The van der Waals surface area contributed by atoms with Gasteiger partial charge in [0, 0.05) is 31.1 Å². The first-order chi connectivity index (χ1) is 23.3. The number of methoxy groups -OCH3 is 1. The highest BCUT2D eigenvalue weighted by Gasteiger charge is 2.35. The minimum atomic E-state index is -4.54. The van der Waals surface area contributed by atoms with Crippen LogP contribution in [0, 0.1) is 29.9 Å². The van der Waals surface area contributed by atoms with E-state index in [9.17, 15) is 28.1 Å². The number of ether oxygens (including phenoxy) is 1. The molecule has 2 amide bonds. The standard InChI is InChI=1S/C37H42N4O7S/c1-26(2)23-38-37(43)35(21-29-11-7-6-8-12-29)39(24-30-13-9-10-27(3)20-30)36(42)25-40(31-15-17-32(48-5)18-16-31)49(46,47)33-19-14-28(4)34(22-33)41(44)45/h6-20,22,26,35H,21,23-25H2,1-5H3,(H,38,43)/t35-/m1/s1. The number of rotatable bonds is 15. The third kappa shape index (κ3) is 9.44. The van der Waals surface area contributed by atoms with Crippen LogP contribution in [-0.4, -0.2) is 56.3 Å². The summed E-state index contributed by atoms with van der Waals surface area (Å²) in [5.74, 6) is -0.393. The average molecular weight is 687 g/mol. The van der Waals surface area contributed by atoms with Gasteiger partial charge in [0.25, 0.3) is 15.7 Å². The number of nitro benzene ring substituents is 1. The Morgan fingerprint density at radius 2 is 1.57 bits per heavy atom. The van der Waals surface area contributed by atoms with E-state index < -0.39 is 33.4 Å². The van der Waals surface area contributed by atoms with Gasteiger partial charge in [-0.1, -0.05) is 80.1 Å². The van der Waals surface area contributed by atoms with Crippen LogP contribution >= 0.6 is 0 Å². The Balaban J connectivity index is 1.84. The molecule has 1 atom stereocenters. The van der Waals surface area contributed by atoms with Crippen molar-refractivity contribution in [3.63, 3.8) is 0 Å². The zero-order valence-corrected chi connectivity index (χ0v) is 29.1. The van der Waals surface area contributed by atoms with Gasteiger partial charge in [-0.05, 0) is 61.2 Å². The van der Waals surface area contributed by atoms with Gasteiger partial charge in [0.2, 0.25) is 11.8 Å². The summed E-state index contributed by atoms with van der Waals surface area (Å²) in [5.41, 5.74) is 2.59. The molecule has 0 aliphatic rings. The predicted octanol–water partition coefficient (Wildman–Crippen LogP) is 5.83. The maximum absolute atomic E-state index is 14.6. The molecule has 0 unspecified atom stereocenters. The molecule has 0 spiro atoms. The van der Waals surface area contributed by atoms with Crippen molar-refractivity contribution < 1.29 is 27.7 Å². The van der Waals surface area contributed by atoms with Crippen LogP contribution < -0.4 is 14.4 Å². The quantitative estimate of drug-likeness (QED) is 0.123. The fourth-order valence-electron chi connectivity index (χ4n) is 5.33. The van der Waals surface area contributed by atoms with Crippen LogP contribution in [0.25, 0.3) is 0 Å². The van der Waals surface area contributed by atoms with Gasteiger partial charge in [-0.15, -0.1) is 0 Å². The minimum Gasteiger partial charge on any atom is -0.497 e. The zero-order valence-electron chi connectivity index (χ0n) is 28.3. The Kier molecular flexibility index (Phi) is 12.1. The monoisotopic (exact) mass is 686 g/mol. The Bertz CT molecular complexity index is 1880. The predicted molar refractivity (Wildman–Crippen MR) is 189 cm³/mol. The second kappa shape index (κ2) is 16.2. The summed E-state index contributed by atoms with van der Waals surface area (Å²) in [7, 11) is -3.07. The number of carbonyl (C=O) groups is 2. The molecule has 11 nitrogen and oxygen atoms in total. The number of sulfonamides is 1. The van der Waals surface area contributed by atoms with Crippen molar-refractivity contribution in [1.29, 1.82) is 0 Å². The van der Waals surface area contributed by atoms with E-state index in [0.717, 1.165) is 27.1 Å². The molecule has 4 rings (SSSR count). The lowest BCUT2D eigenvalue weighted by molar-refractivity contribution is -0.385. The van der Waals surface area contributed by atoms with Crippen LogP contribution in [0.4, 0.5) is 11.4 Å². The van der Waals surface area contributed by atoms with E-state index in [1.54, 1.807) is 12.1 Å². The highest BCUT2D eigenvalue weighted by Crippen LogP contribution is 2.30. The van der Waals surface area contributed by atoms with E-state index in [4.69, 9.17) is 4.74 Å². The SMILES string of the molecule is COc1ccc(N(CC(=O)N(Cc2cccc(C)c2)[C@H](Cc2ccccc2)C(=O)NCC(C)C)S(=O)(=O)c2ccc(C)c([N+](=O)[O-])c2)cc1. The average Bonchev–Trinajstić information content (AvgIpc) is 3.08. The van der Waals surface area contributed by atoms with Gasteiger partial charge >= 0.3 is 0 Å². The molecule has 0 bridgehead atoms. The van der Waals surface area contributed by atoms with Crippen molar-refractivity contribution in [2.24, 2.45) is 5.92 Å². The molecule has 12 heteroatoms. The Morgan fingerprint density at radius 1 is 0.898 bits per heavy atom. The zero-order chi connectivity index (χ0) is 35.7. The third-order valence-corrected chi connectivity index (χ3v) is 9.77. The normalized spacial score (nSPS) is 11.9. The molecule has 0 aromatic heterocycles. The fourth-order valence-corrected chi connectivity index (χ4v) is 6.77. The largest absolute Gasteiger partial charge is 0.497 e. The lowest BCUT2D eigenvalue weighted by Gasteiger charge is -2.34. The number of nitrogens with one attached hydrogen (secondary N) is 1. The molecule has 0 heterocycles. The number of aryl methyl sites for hydroxylation is 2. The second-order valence-electron chi connectivity index (χ2n) is 12.3. The van der Waals surface area contributed by atoms with Gasteiger partial charge in [-0.2, -0.15) is 0 Å². The maximum Gasteiger partial charge on any atom is 0.273 e. The van der Waals surface area contributed by atoms with Gasteiger partial charge < -0.3 is 15.0 Å². The summed E-state index contributed by atoms with van der Waals surface area (Å²) < 4.78 is 34.8. The summed E-state index contributed by atoms with van der Waals surface area (Å²) in [5, 5.41) is 14.7. The van der Waals surface area contributed by atoms with E-state index in [-0.39, 0.29) is 46.6 Å². The molecule has 0 saturated heterocycles. The Morgan fingerprint density at radius 3 is 2.18 bits per heavy atom. The van der Waals surface area contributed by atoms with Crippen LogP contribution in [-0.2, 0) is 32.6 Å². The summed E-state index contributed by atoms with van der Waals surface area (Å²) >= 11 is 0. The molecule has 4 aromatic rings. The number of hydrogen-bond acceptors (Lipinski definition) is 7. The molecular weight excluding hydrogens is 644 g/mol. The Labute approximate surface area is 287 Å². The number of benzene rings is 4. The van der Waals surface area contributed by atoms with Gasteiger partial charge in [0.1, 0.15) is 18.3 Å². The first kappa shape index (κ1) is 36.6. The van der Waals surface area contributed by atoms with Crippen LogP contribution in [0.5, 0.6) is 5.75 Å². The van der Waals surface area contributed by atoms with Crippen LogP contribution in [0.3, 0.4) is 0 Å². The van der Waals surface area contributed by atoms with Gasteiger partial charge in [0.15, 0.2) is 0 Å². The highest BCUT2D eigenvalue weighted by molar-refractivity contribution is 7.92. The number of carbonyl (C=O) groups excluding carboxylic acids is 2. The number of hydrogen-bond donors (Lipinski definition) is 1. The Hall–Kier alpha value is -5.23. The number of amides is 2. The van der Waals surface area contributed by atoms with E-state index in [1.807, 2.05) is 75.4 Å². The van der Waals surface area contributed by atoms with Crippen LogP contribution in [0.1, 0.15) is 36.1 Å². The summed E-state index contributed by atoms with van der Waals surface area (Å²) in [6.07, 6.45) is 0.182. The van der Waals surface area contributed by atoms with Crippen molar-refractivity contribution in [2.75, 3.05) is 24.5 Å². The lowest BCUT2D eigenvalue weighted by atomic mass is 10.0. The van der Waals surface area contributed by atoms with Crippen LogP contribution in [0.2, 0.25) is 0 Å². The van der Waals surface area contributed by atoms with Crippen LogP contribution in [0.15, 0.2) is 102 Å². The van der Waals surface area contributed by atoms with Crippen molar-refractivity contribution in [1.82, 2.24) is 10.2 Å². The molecular formula is C37H42N4O7S. The number of anilines is 1. The molecule has 258 valence electrons. The molecule has 0 fully saturated rings. The molecule has 4 aromatic carbocycles. The van der Waals surface area contributed by atoms with Crippen molar-refractivity contribution >= 4 is 33.2 Å². The van der Waals surface area contributed by atoms with Crippen molar-refractivity contribution in [3.05, 3.63) is 129 Å². The second-order valence-corrected chi connectivity index (χ2v) is 14.1. The molecule has 0 saturated carbocycles. The molecule has 0 aliphatic heterocycles. The van der Waals surface area contributed by atoms with Gasteiger partial charge in [-0.3, -0.25) is 24.0 Å². The molecule has 0 radical (unpaired) electrons. The van der Waals surface area contributed by atoms with Gasteiger partial charge in [0.05, 0.1) is 22.6 Å². The van der Waals surface area contributed by atoms with E-state index in [0.29, 0.717) is 12.3 Å². The molecule has 0 aliphatic carbocycles. The minimum absolute atomic E-state index is 0.0274. The molecule has 1 N–H and O–H groups in total. The smallest absolute Gasteiger partial charge is 0.273 e. The number of nitro groups is 1. The topological polar surface area (TPSA) is 139 Å². The lowest BCUT2D eigenvalue weighted by Crippen LogP contribution is -2.53. The first-order valence-corrected chi connectivity index (χ1v) is 17.3. The fraction of sp³-hybridized carbons (Fsp3) is 0.297. The van der Waals surface area contributed by atoms with E-state index in [1.165, 1.54) is 43.2 Å². The van der Waals surface area contributed by atoms with Gasteiger partial charge in [-0.25, -0.2) is 8.42 Å². The van der Waals surface area contributed by atoms with Crippen molar-refractivity contribution in [2.45, 2.75) is 51.6 Å². The van der Waals surface area contributed by atoms with E-state index in [2.05, 4.69) is 5.32 Å². The summed E-state index contributed by atoms with van der Waals surface area (Å²) in [4.78, 5) is 40.7. The maximum atomic E-state index is 14.6. The summed E-state index contributed by atoms with van der Waals surface area (Å²) in [6.45, 7) is 7.09. The van der Waals surface area contributed by atoms with E-state index >= 15 is 0 Å². The molecule has 49 heavy (non-hydrogen) atoms. The first-order valence-electron chi connectivity index (χ1n) is 15.9.